The Bertz CT molecular complexity index is 69.0. The van der Waals surface area contributed by atoms with Gasteiger partial charge in [-0.15, -0.1) is 6.58 Å². The molecule has 0 heterocycles. The SMILES string of the molecule is C=CC[SiH](C)CCCC. The minimum absolute atomic E-state index is 0.338. The normalized spacial score (nSPS) is 13.1. The highest BCUT2D eigenvalue weighted by molar-refractivity contribution is 6.57. The Morgan fingerprint density at radius 1 is 1.56 bits per heavy atom. The highest BCUT2D eigenvalue weighted by atomic mass is 28.3. The molecule has 0 spiro atoms. The molecule has 0 bridgehead atoms. The molecule has 0 rings (SSSR count). The average molecular weight is 142 g/mol. The number of allylic oxidation sites excluding steroid dienone is 1. The minimum atomic E-state index is -0.338. The van der Waals surface area contributed by atoms with Crippen LogP contribution >= 0.6 is 0 Å². The standard InChI is InChI=1S/C8H18Si/c1-4-6-8-9(3)7-5-2/h5,9H,2,4,6-8H2,1,3H3. The van der Waals surface area contributed by atoms with Crippen molar-refractivity contribution in [3.63, 3.8) is 0 Å². The van der Waals surface area contributed by atoms with Gasteiger partial charge in [-0.25, -0.2) is 0 Å². The summed E-state index contributed by atoms with van der Waals surface area (Å²) in [4.78, 5) is 0. The summed E-state index contributed by atoms with van der Waals surface area (Å²) in [5.74, 6) is 0. The van der Waals surface area contributed by atoms with E-state index >= 15 is 0 Å². The molecule has 0 aromatic rings. The summed E-state index contributed by atoms with van der Waals surface area (Å²) in [6.07, 6.45) is 4.86. The molecule has 0 nitrogen and oxygen atoms in total. The highest BCUT2D eigenvalue weighted by Gasteiger charge is 1.98. The van der Waals surface area contributed by atoms with Gasteiger partial charge in [-0.3, -0.25) is 0 Å². The van der Waals surface area contributed by atoms with Crippen molar-refractivity contribution >= 4 is 8.80 Å². The highest BCUT2D eigenvalue weighted by Crippen LogP contribution is 2.04. The summed E-state index contributed by atoms with van der Waals surface area (Å²) < 4.78 is 0. The maximum absolute atomic E-state index is 3.74. The molecule has 54 valence electrons. The fourth-order valence-electron chi connectivity index (χ4n) is 0.955. The second-order valence-corrected chi connectivity index (χ2v) is 6.03. The molecule has 1 atom stereocenters. The molecule has 0 aliphatic heterocycles. The van der Waals surface area contributed by atoms with E-state index in [4.69, 9.17) is 0 Å². The molecular formula is C8H18Si. The van der Waals surface area contributed by atoms with Crippen molar-refractivity contribution in [2.75, 3.05) is 0 Å². The second-order valence-electron chi connectivity index (χ2n) is 2.77. The zero-order chi connectivity index (χ0) is 7.11. The third kappa shape index (κ3) is 5.83. The molecule has 0 N–H and O–H groups in total. The van der Waals surface area contributed by atoms with Gasteiger partial charge in [0.05, 0.1) is 0 Å². The lowest BCUT2D eigenvalue weighted by Gasteiger charge is -2.03. The Labute approximate surface area is 60.6 Å². The van der Waals surface area contributed by atoms with Gasteiger partial charge in [0, 0.05) is 8.80 Å². The summed E-state index contributed by atoms with van der Waals surface area (Å²) in [6.45, 7) is 8.43. The van der Waals surface area contributed by atoms with Gasteiger partial charge in [0.25, 0.3) is 0 Å². The van der Waals surface area contributed by atoms with Crippen molar-refractivity contribution in [2.24, 2.45) is 0 Å². The van der Waals surface area contributed by atoms with Crippen LogP contribution in [0.25, 0.3) is 0 Å². The Balaban J connectivity index is 3.04. The fourth-order valence-corrected chi connectivity index (χ4v) is 2.86. The van der Waals surface area contributed by atoms with Crippen molar-refractivity contribution in [1.82, 2.24) is 0 Å². The quantitative estimate of drug-likeness (QED) is 0.409. The third-order valence-electron chi connectivity index (χ3n) is 1.62. The Hall–Kier alpha value is -0.0431. The second kappa shape index (κ2) is 6.08. The molecule has 1 heteroatoms. The van der Waals surface area contributed by atoms with Gasteiger partial charge < -0.3 is 0 Å². The van der Waals surface area contributed by atoms with E-state index in [9.17, 15) is 0 Å². The zero-order valence-corrected chi connectivity index (χ0v) is 7.84. The lowest BCUT2D eigenvalue weighted by molar-refractivity contribution is 0.873. The molecule has 0 amide bonds. The van der Waals surface area contributed by atoms with Crippen molar-refractivity contribution in [3.8, 4) is 0 Å². The van der Waals surface area contributed by atoms with Crippen LogP contribution in [0.15, 0.2) is 12.7 Å². The van der Waals surface area contributed by atoms with Crippen LogP contribution in [0.3, 0.4) is 0 Å². The van der Waals surface area contributed by atoms with Crippen LogP contribution < -0.4 is 0 Å². The van der Waals surface area contributed by atoms with Gasteiger partial charge in [0.15, 0.2) is 0 Å². The van der Waals surface area contributed by atoms with E-state index in [0.29, 0.717) is 0 Å². The van der Waals surface area contributed by atoms with Gasteiger partial charge in [-0.1, -0.05) is 38.4 Å². The van der Waals surface area contributed by atoms with Crippen LogP contribution in [0.5, 0.6) is 0 Å². The van der Waals surface area contributed by atoms with E-state index in [1.54, 1.807) is 0 Å². The minimum Gasteiger partial charge on any atom is -0.103 e. The van der Waals surface area contributed by atoms with Crippen LogP contribution in [0.4, 0.5) is 0 Å². The molecule has 0 aromatic carbocycles. The summed E-state index contributed by atoms with van der Waals surface area (Å²) in [7, 11) is -0.338. The van der Waals surface area contributed by atoms with Crippen LogP contribution in [0.1, 0.15) is 19.8 Å². The van der Waals surface area contributed by atoms with E-state index in [1.807, 2.05) is 0 Å². The first-order valence-electron chi connectivity index (χ1n) is 3.92. The summed E-state index contributed by atoms with van der Waals surface area (Å²) >= 11 is 0. The average Bonchev–Trinajstić information content (AvgIpc) is 1.85. The smallest absolute Gasteiger partial charge is 0.0375 e. The molecule has 0 aliphatic rings. The molecular weight excluding hydrogens is 124 g/mol. The molecule has 0 saturated heterocycles. The van der Waals surface area contributed by atoms with E-state index in [0.717, 1.165) is 0 Å². The van der Waals surface area contributed by atoms with Crippen molar-refractivity contribution in [3.05, 3.63) is 12.7 Å². The lowest BCUT2D eigenvalue weighted by Crippen LogP contribution is -2.03. The van der Waals surface area contributed by atoms with E-state index in [-0.39, 0.29) is 8.80 Å². The molecule has 1 unspecified atom stereocenters. The van der Waals surface area contributed by atoms with E-state index < -0.39 is 0 Å². The first-order chi connectivity index (χ1) is 4.31. The van der Waals surface area contributed by atoms with Crippen molar-refractivity contribution < 1.29 is 0 Å². The fraction of sp³-hybridized carbons (Fsp3) is 0.750. The maximum Gasteiger partial charge on any atom is 0.0375 e. The van der Waals surface area contributed by atoms with E-state index in [1.165, 1.54) is 24.9 Å². The van der Waals surface area contributed by atoms with Gasteiger partial charge in [0.2, 0.25) is 0 Å². The molecule has 9 heavy (non-hydrogen) atoms. The number of hydrogen-bond donors (Lipinski definition) is 0. The Morgan fingerprint density at radius 3 is 2.67 bits per heavy atom. The molecule has 0 radical (unpaired) electrons. The summed E-state index contributed by atoms with van der Waals surface area (Å²) in [5.41, 5.74) is 0. The monoisotopic (exact) mass is 142 g/mol. The Kier molecular flexibility index (Phi) is 6.05. The van der Waals surface area contributed by atoms with Gasteiger partial charge in [0.1, 0.15) is 0 Å². The Morgan fingerprint density at radius 2 is 2.22 bits per heavy atom. The van der Waals surface area contributed by atoms with Crippen LogP contribution in [-0.4, -0.2) is 8.80 Å². The van der Waals surface area contributed by atoms with Crippen molar-refractivity contribution in [1.29, 1.82) is 0 Å². The zero-order valence-electron chi connectivity index (χ0n) is 6.69. The first-order valence-corrected chi connectivity index (χ1v) is 6.71. The van der Waals surface area contributed by atoms with Gasteiger partial charge >= 0.3 is 0 Å². The molecule has 0 fully saturated rings. The predicted molar refractivity (Wildman–Crippen MR) is 47.7 cm³/mol. The lowest BCUT2D eigenvalue weighted by atomic mass is 10.4. The topological polar surface area (TPSA) is 0 Å². The van der Waals surface area contributed by atoms with Crippen molar-refractivity contribution in [2.45, 2.75) is 38.4 Å². The summed E-state index contributed by atoms with van der Waals surface area (Å²) in [5, 5.41) is 0. The molecule has 0 aliphatic carbocycles. The molecule has 0 saturated carbocycles. The maximum atomic E-state index is 3.74. The van der Waals surface area contributed by atoms with Crippen LogP contribution in [0.2, 0.25) is 18.6 Å². The van der Waals surface area contributed by atoms with Gasteiger partial charge in [-0.2, -0.15) is 0 Å². The van der Waals surface area contributed by atoms with Crippen LogP contribution in [-0.2, 0) is 0 Å². The number of unbranched alkanes of at least 4 members (excludes halogenated alkanes) is 1. The molecule has 0 aromatic heterocycles. The van der Waals surface area contributed by atoms with Gasteiger partial charge in [-0.05, 0) is 6.04 Å². The number of rotatable bonds is 5. The first kappa shape index (κ1) is 8.96. The largest absolute Gasteiger partial charge is 0.103 e. The number of hydrogen-bond acceptors (Lipinski definition) is 0. The van der Waals surface area contributed by atoms with E-state index in [2.05, 4.69) is 26.1 Å². The predicted octanol–water partition coefficient (Wildman–Crippen LogP) is 2.83. The summed E-state index contributed by atoms with van der Waals surface area (Å²) in [6, 6.07) is 2.82. The van der Waals surface area contributed by atoms with Crippen LogP contribution in [0, 0.1) is 0 Å². The third-order valence-corrected chi connectivity index (χ3v) is 4.15.